The molecular weight excluding hydrogens is 518 g/mol. The molecule has 0 radical (unpaired) electrons. The Morgan fingerprint density at radius 3 is 2.73 bits per heavy atom. The number of rotatable bonds is 8. The van der Waals surface area contributed by atoms with Crippen LogP contribution in [-0.4, -0.2) is 56.0 Å². The number of nitrogens with zero attached hydrogens (tertiary/aromatic N) is 3. The lowest BCUT2D eigenvalue weighted by atomic mass is 9.90. The van der Waals surface area contributed by atoms with Crippen LogP contribution < -0.4 is 4.74 Å². The normalized spacial score (nSPS) is 22.0. The summed E-state index contributed by atoms with van der Waals surface area (Å²) in [5.41, 5.74) is 5.05. The highest BCUT2D eigenvalue weighted by Gasteiger charge is 2.27. The molecule has 0 aromatic carbocycles. The minimum absolute atomic E-state index is 0.0951. The molecule has 0 N–H and O–H groups in total. The Labute approximate surface area is 241 Å². The first-order valence-electron chi connectivity index (χ1n) is 13.9. The van der Waals surface area contributed by atoms with E-state index < -0.39 is 5.97 Å². The lowest BCUT2D eigenvalue weighted by Gasteiger charge is -2.19. The van der Waals surface area contributed by atoms with Crippen LogP contribution in [0.3, 0.4) is 0 Å². The van der Waals surface area contributed by atoms with E-state index in [4.69, 9.17) is 14.2 Å². The molecule has 0 spiro atoms. The fourth-order valence-electron chi connectivity index (χ4n) is 5.18. The number of ether oxygens (including phenoxy) is 3. The molecule has 3 aliphatic rings. The standard InChI is InChI=1S/C33H37N3O5/c1-6-23-13-14-36-32(31(23)33(38)40-5)41-26-9-7-21(2)24(8-10-26)18-29(37)27-11-12-30(39-4)22(3)17-28(27)25-19-34-15-16-35-20-25/h11-19,21,26H,3,6-10,20H2,1-2,4-5H3. The zero-order valence-corrected chi connectivity index (χ0v) is 24.2. The molecule has 0 amide bonds. The van der Waals surface area contributed by atoms with Crippen molar-refractivity contribution in [3.8, 4) is 5.88 Å². The number of methoxy groups -OCH3 is 2. The first kappa shape index (κ1) is 29.6. The Balaban J connectivity index is 1.58. The summed E-state index contributed by atoms with van der Waals surface area (Å²) in [6, 6.07) is 1.82. The third-order valence-electron chi connectivity index (χ3n) is 7.59. The van der Waals surface area contributed by atoms with E-state index >= 15 is 0 Å². The maximum atomic E-state index is 13.8. The van der Waals surface area contributed by atoms with Crippen LogP contribution in [0.4, 0.5) is 0 Å². The molecule has 0 saturated heterocycles. The number of aliphatic imine (C=N–C) groups is 2. The molecule has 2 heterocycles. The first-order valence-corrected chi connectivity index (χ1v) is 13.9. The van der Waals surface area contributed by atoms with Gasteiger partial charge in [-0.1, -0.05) is 26.0 Å². The Bertz CT molecular complexity index is 1420. The van der Waals surface area contributed by atoms with E-state index in [1.54, 1.807) is 50.2 Å². The molecule has 8 heteroatoms. The van der Waals surface area contributed by atoms with E-state index in [1.807, 2.05) is 19.1 Å². The van der Waals surface area contributed by atoms with Gasteiger partial charge in [0.05, 0.1) is 20.8 Å². The van der Waals surface area contributed by atoms with E-state index in [1.165, 1.54) is 7.11 Å². The van der Waals surface area contributed by atoms with Gasteiger partial charge in [-0.3, -0.25) is 14.8 Å². The van der Waals surface area contributed by atoms with Crippen molar-refractivity contribution in [1.82, 2.24) is 4.98 Å². The molecule has 4 rings (SSSR count). The quantitative estimate of drug-likeness (QED) is 0.226. The maximum Gasteiger partial charge on any atom is 0.343 e. The average Bonchev–Trinajstić information content (AvgIpc) is 3.42. The molecule has 2 atom stereocenters. The van der Waals surface area contributed by atoms with Crippen molar-refractivity contribution in [1.29, 1.82) is 0 Å². The molecule has 214 valence electrons. The Hall–Kier alpha value is -4.33. The number of hydrogen-bond acceptors (Lipinski definition) is 8. The van der Waals surface area contributed by atoms with Crippen molar-refractivity contribution in [2.24, 2.45) is 15.9 Å². The summed E-state index contributed by atoms with van der Waals surface area (Å²) in [7, 11) is 2.94. The number of aryl methyl sites for hydroxylation is 1. The highest BCUT2D eigenvalue weighted by Crippen LogP contribution is 2.34. The number of ketones is 1. The van der Waals surface area contributed by atoms with E-state index in [9.17, 15) is 9.59 Å². The SMILES string of the molecule is C=C1C=C(C2=CN=CC=NC2)C(C(=O)C=C2CCC(Oc3nccc(CC)c3C(=O)OC)CCC2C)=CC=C1OC. The van der Waals surface area contributed by atoms with Crippen LogP contribution in [0.1, 0.15) is 55.5 Å². The topological polar surface area (TPSA) is 99.4 Å². The maximum absolute atomic E-state index is 13.8. The zero-order chi connectivity index (χ0) is 29.4. The van der Waals surface area contributed by atoms with E-state index in [0.29, 0.717) is 54.2 Å². The summed E-state index contributed by atoms with van der Waals surface area (Å²) in [5, 5.41) is 0. The molecule has 1 aromatic heterocycles. The van der Waals surface area contributed by atoms with E-state index in [0.717, 1.165) is 35.1 Å². The number of aromatic nitrogens is 1. The smallest absolute Gasteiger partial charge is 0.343 e. The van der Waals surface area contributed by atoms with E-state index in [-0.39, 0.29) is 17.8 Å². The number of carbonyl (C=O) groups is 2. The van der Waals surface area contributed by atoms with Crippen molar-refractivity contribution < 1.29 is 23.8 Å². The van der Waals surface area contributed by atoms with Crippen LogP contribution in [0.5, 0.6) is 5.88 Å². The van der Waals surface area contributed by atoms with Crippen LogP contribution in [0.25, 0.3) is 0 Å². The molecular formula is C33H37N3O5. The number of carbonyl (C=O) groups excluding carboxylic acids is 2. The Morgan fingerprint density at radius 1 is 1.15 bits per heavy atom. The van der Waals surface area contributed by atoms with Gasteiger partial charge in [-0.25, -0.2) is 9.78 Å². The fourth-order valence-corrected chi connectivity index (χ4v) is 5.18. The molecule has 2 aliphatic carbocycles. The number of allylic oxidation sites excluding steroid dienone is 6. The van der Waals surface area contributed by atoms with Crippen molar-refractivity contribution in [3.05, 3.63) is 94.1 Å². The molecule has 2 unspecified atom stereocenters. The second-order valence-electron chi connectivity index (χ2n) is 10.2. The third kappa shape index (κ3) is 7.06. The minimum Gasteiger partial charge on any atom is -0.496 e. The predicted molar refractivity (Wildman–Crippen MR) is 160 cm³/mol. The van der Waals surface area contributed by atoms with Crippen molar-refractivity contribution in [2.45, 2.75) is 52.1 Å². The minimum atomic E-state index is -0.452. The molecule has 1 saturated carbocycles. The van der Waals surface area contributed by atoms with Crippen molar-refractivity contribution >= 4 is 24.2 Å². The highest BCUT2D eigenvalue weighted by atomic mass is 16.5. The molecule has 1 aliphatic heterocycles. The number of esters is 1. The van der Waals surface area contributed by atoms with Gasteiger partial charge in [-0.2, -0.15) is 0 Å². The van der Waals surface area contributed by atoms with Crippen molar-refractivity contribution in [3.63, 3.8) is 0 Å². The average molecular weight is 556 g/mol. The van der Waals surface area contributed by atoms with Gasteiger partial charge in [-0.05, 0) is 85.1 Å². The van der Waals surface area contributed by atoms with E-state index in [2.05, 4.69) is 28.5 Å². The second-order valence-corrected chi connectivity index (χ2v) is 10.2. The second kappa shape index (κ2) is 13.8. The summed E-state index contributed by atoms with van der Waals surface area (Å²) in [6.45, 7) is 8.64. The monoisotopic (exact) mass is 555 g/mol. The summed E-state index contributed by atoms with van der Waals surface area (Å²) in [5.74, 6) is 0.537. The number of pyridine rings is 1. The molecule has 41 heavy (non-hydrogen) atoms. The molecule has 1 aromatic rings. The van der Waals surface area contributed by atoms with Crippen LogP contribution >= 0.6 is 0 Å². The van der Waals surface area contributed by atoms with Gasteiger partial charge in [0.1, 0.15) is 17.4 Å². The van der Waals surface area contributed by atoms with Crippen molar-refractivity contribution in [2.75, 3.05) is 20.8 Å². The Morgan fingerprint density at radius 2 is 1.98 bits per heavy atom. The molecule has 1 fully saturated rings. The van der Waals surface area contributed by atoms with Crippen LogP contribution in [-0.2, 0) is 20.7 Å². The molecule has 8 nitrogen and oxygen atoms in total. The summed E-state index contributed by atoms with van der Waals surface area (Å²) >= 11 is 0. The third-order valence-corrected chi connectivity index (χ3v) is 7.59. The lowest BCUT2D eigenvalue weighted by Crippen LogP contribution is -2.19. The summed E-state index contributed by atoms with van der Waals surface area (Å²) < 4.78 is 16.8. The summed E-state index contributed by atoms with van der Waals surface area (Å²) in [4.78, 5) is 39.3. The van der Waals surface area contributed by atoms with Gasteiger partial charge in [0.2, 0.25) is 5.88 Å². The van der Waals surface area contributed by atoms with Crippen LogP contribution in [0.2, 0.25) is 0 Å². The molecule has 0 bridgehead atoms. The predicted octanol–water partition coefficient (Wildman–Crippen LogP) is 5.88. The van der Waals surface area contributed by atoms with Crippen LogP contribution in [0.15, 0.2) is 93.0 Å². The number of hydrogen-bond donors (Lipinski definition) is 0. The highest BCUT2D eigenvalue weighted by molar-refractivity contribution is 6.16. The van der Waals surface area contributed by atoms with Gasteiger partial charge >= 0.3 is 5.97 Å². The van der Waals surface area contributed by atoms with Gasteiger partial charge in [-0.15, -0.1) is 0 Å². The van der Waals surface area contributed by atoms with Gasteiger partial charge in [0.15, 0.2) is 5.78 Å². The van der Waals surface area contributed by atoms with Gasteiger partial charge in [0, 0.05) is 36.0 Å². The van der Waals surface area contributed by atoms with Crippen LogP contribution in [0, 0.1) is 5.92 Å². The largest absolute Gasteiger partial charge is 0.496 e. The van der Waals surface area contributed by atoms with Gasteiger partial charge in [0.25, 0.3) is 0 Å². The Kier molecular flexibility index (Phi) is 10.0. The zero-order valence-electron chi connectivity index (χ0n) is 24.2. The first-order chi connectivity index (χ1) is 19.9. The fraction of sp³-hybridized carbons (Fsp3) is 0.364. The lowest BCUT2D eigenvalue weighted by molar-refractivity contribution is -0.111. The summed E-state index contributed by atoms with van der Waals surface area (Å²) in [6.07, 6.45) is 17.4. The van der Waals surface area contributed by atoms with Gasteiger partial charge < -0.3 is 14.2 Å².